The fraction of sp³-hybridized carbons (Fsp3) is 0.440. The molecule has 5 amide bonds. The molecule has 2 heterocycles. The van der Waals surface area contributed by atoms with Crippen LogP contribution in [0.1, 0.15) is 91.2 Å². The van der Waals surface area contributed by atoms with Crippen molar-refractivity contribution in [2.75, 3.05) is 46.4 Å². The molecule has 4 unspecified atom stereocenters. The lowest BCUT2D eigenvalue weighted by molar-refractivity contribution is -0.141. The van der Waals surface area contributed by atoms with E-state index in [1.54, 1.807) is 43.3 Å². The summed E-state index contributed by atoms with van der Waals surface area (Å²) in [5, 5.41) is 19.9. The summed E-state index contributed by atoms with van der Waals surface area (Å²) in [6.45, 7) is 5.71. The minimum Gasteiger partial charge on any atom is -0.492 e. The number of nitriles is 1. The van der Waals surface area contributed by atoms with E-state index in [1.807, 2.05) is 18.2 Å². The largest absolute Gasteiger partial charge is 0.492 e. The lowest BCUT2D eigenvalue weighted by Crippen LogP contribution is -2.56. The second-order valence-corrected chi connectivity index (χ2v) is 16.7. The highest BCUT2D eigenvalue weighted by atomic mass is 16.5. The number of hydrogen-bond acceptors (Lipinski definition) is 13. The molecule has 3 aromatic carbocycles. The summed E-state index contributed by atoms with van der Waals surface area (Å²) in [6, 6.07) is 15.1. The Balaban J connectivity index is 1.49. The van der Waals surface area contributed by atoms with Crippen LogP contribution >= 0.6 is 0 Å². The number of amides is 5. The van der Waals surface area contributed by atoms with E-state index in [2.05, 4.69) is 50.3 Å². The van der Waals surface area contributed by atoms with Crippen LogP contribution in [0, 0.1) is 18.3 Å². The molecule has 4 atom stereocenters. The predicted octanol–water partition coefficient (Wildman–Crippen LogP) is 3.14. The number of aryl methyl sites for hydroxylation is 2. The standard InChI is InChI=1S/C50H65N11O7/c1-5-6-7-8-9-10-33-11-14-35(15-12-33)45-56-30-39(31(2)57-45)47(63)59-40(19-20-51)50(66)61(4)44-36-16-18-43(68-26-23-54)38(29-36)37-27-34(13-17-42(37)67-25-22-53)28-41(48(64)55-24-21-52)60-46(62)32(3)58-49(44)65/h11-18,27,29-30,32,40-41,44H,5-10,19-20,22-26,28,51,53-54H2,1-4H3,(H,55,64)(H,58,65)(H,59,63)(H,60,62). The van der Waals surface area contributed by atoms with Gasteiger partial charge in [-0.1, -0.05) is 69.0 Å². The molecule has 5 rings (SSSR count). The molecule has 18 heteroatoms. The van der Waals surface area contributed by atoms with E-state index < -0.39 is 53.7 Å². The average Bonchev–Trinajstić information content (AvgIpc) is 3.33. The number of benzene rings is 3. The molecule has 0 fully saturated rings. The first-order chi connectivity index (χ1) is 32.8. The second-order valence-electron chi connectivity index (χ2n) is 16.7. The van der Waals surface area contributed by atoms with E-state index in [4.69, 9.17) is 26.7 Å². The third-order valence-electron chi connectivity index (χ3n) is 11.6. The third kappa shape index (κ3) is 13.8. The van der Waals surface area contributed by atoms with Gasteiger partial charge in [-0.05, 0) is 80.6 Å². The molecular formula is C50H65N11O7. The molecule has 0 saturated heterocycles. The van der Waals surface area contributed by atoms with Gasteiger partial charge in [-0.3, -0.25) is 24.0 Å². The molecule has 1 aliphatic rings. The van der Waals surface area contributed by atoms with E-state index in [0.717, 1.165) is 18.4 Å². The van der Waals surface area contributed by atoms with Gasteiger partial charge in [0.1, 0.15) is 55.4 Å². The molecule has 0 spiro atoms. The molecule has 0 radical (unpaired) electrons. The lowest BCUT2D eigenvalue weighted by atomic mass is 9.93. The molecule has 1 aliphatic heterocycles. The molecule has 10 N–H and O–H groups in total. The first kappa shape index (κ1) is 52.0. The Morgan fingerprint density at radius 3 is 2.22 bits per heavy atom. The topological polar surface area (TPSA) is 283 Å². The summed E-state index contributed by atoms with van der Waals surface area (Å²) >= 11 is 0. The van der Waals surface area contributed by atoms with Crippen molar-refractivity contribution < 1.29 is 33.4 Å². The van der Waals surface area contributed by atoms with Gasteiger partial charge in [0, 0.05) is 49.4 Å². The third-order valence-corrected chi connectivity index (χ3v) is 11.6. The molecule has 362 valence electrons. The highest BCUT2D eigenvalue weighted by Gasteiger charge is 2.36. The van der Waals surface area contributed by atoms with Gasteiger partial charge in [-0.2, -0.15) is 5.26 Å². The van der Waals surface area contributed by atoms with Crippen molar-refractivity contribution >= 4 is 29.5 Å². The molecule has 1 aromatic heterocycles. The van der Waals surface area contributed by atoms with Gasteiger partial charge in [-0.15, -0.1) is 0 Å². The maximum Gasteiger partial charge on any atom is 0.255 e. The molecule has 68 heavy (non-hydrogen) atoms. The van der Waals surface area contributed by atoms with Crippen molar-refractivity contribution in [1.82, 2.24) is 36.1 Å². The Labute approximate surface area is 398 Å². The molecule has 18 nitrogen and oxygen atoms in total. The Bertz CT molecular complexity index is 2420. The average molecular weight is 932 g/mol. The van der Waals surface area contributed by atoms with Crippen molar-refractivity contribution in [3.63, 3.8) is 0 Å². The summed E-state index contributed by atoms with van der Waals surface area (Å²) in [5.74, 6) is -2.12. The number of hydrogen-bond donors (Lipinski definition) is 7. The van der Waals surface area contributed by atoms with Gasteiger partial charge in [0.15, 0.2) is 5.82 Å². The number of aromatic nitrogens is 2. The second kappa shape index (κ2) is 25.8. The SMILES string of the molecule is CCCCCCCc1ccc(-c2ncc(C(=O)NC(CCN)C(=O)N(C)C3C(=O)NC(C)C(=O)NC(C(=O)NCC#N)Cc4ccc(OCCN)c(c4)-c4cc3ccc4OCCN)c(C)n2)cc1. The maximum atomic E-state index is 14.7. The van der Waals surface area contributed by atoms with Gasteiger partial charge >= 0.3 is 0 Å². The van der Waals surface area contributed by atoms with Gasteiger partial charge in [0.2, 0.25) is 23.6 Å². The van der Waals surface area contributed by atoms with Crippen molar-refractivity contribution in [3.8, 4) is 40.1 Å². The predicted molar refractivity (Wildman–Crippen MR) is 258 cm³/mol. The van der Waals surface area contributed by atoms with Crippen LogP contribution in [0.25, 0.3) is 22.5 Å². The van der Waals surface area contributed by atoms with Gasteiger partial charge < -0.3 is 52.8 Å². The van der Waals surface area contributed by atoms with E-state index in [-0.39, 0.29) is 57.8 Å². The Hall–Kier alpha value is -6.94. The number of nitrogens with zero attached hydrogens (tertiary/aromatic N) is 4. The van der Waals surface area contributed by atoms with Crippen LogP contribution in [-0.2, 0) is 32.0 Å². The van der Waals surface area contributed by atoms with Crippen LogP contribution in [0.4, 0.5) is 0 Å². The fourth-order valence-electron chi connectivity index (χ4n) is 7.95. The number of carbonyl (C=O) groups excluding carboxylic acids is 5. The van der Waals surface area contributed by atoms with E-state index in [1.165, 1.54) is 56.3 Å². The molecule has 0 aliphatic carbocycles. The minimum absolute atomic E-state index is 0.00355. The smallest absolute Gasteiger partial charge is 0.255 e. The summed E-state index contributed by atoms with van der Waals surface area (Å²) in [4.78, 5) is 80.6. The number of ether oxygens (including phenoxy) is 2. The van der Waals surface area contributed by atoms with E-state index in [0.29, 0.717) is 45.3 Å². The van der Waals surface area contributed by atoms with E-state index >= 15 is 0 Å². The highest BCUT2D eigenvalue weighted by Crippen LogP contribution is 2.40. The summed E-state index contributed by atoms with van der Waals surface area (Å²) < 4.78 is 12.2. The van der Waals surface area contributed by atoms with Crippen LogP contribution in [0.2, 0.25) is 0 Å². The van der Waals surface area contributed by atoms with Crippen LogP contribution in [0.15, 0.2) is 66.9 Å². The molecule has 4 aromatic rings. The number of nitrogens with one attached hydrogen (secondary N) is 4. The number of nitrogens with two attached hydrogens (primary N) is 3. The maximum absolute atomic E-state index is 14.7. The molecule has 4 bridgehead atoms. The zero-order chi connectivity index (χ0) is 49.2. The van der Waals surface area contributed by atoms with Crippen molar-refractivity contribution in [1.29, 1.82) is 5.26 Å². The monoisotopic (exact) mass is 932 g/mol. The number of carbonyl (C=O) groups is 5. The molecular weight excluding hydrogens is 867 g/mol. The zero-order valence-electron chi connectivity index (χ0n) is 39.4. The van der Waals surface area contributed by atoms with Crippen LogP contribution in [0.5, 0.6) is 11.5 Å². The first-order valence-corrected chi connectivity index (χ1v) is 23.2. The summed E-state index contributed by atoms with van der Waals surface area (Å²) in [6.07, 6.45) is 8.44. The lowest BCUT2D eigenvalue weighted by Gasteiger charge is -2.32. The van der Waals surface area contributed by atoms with Crippen molar-refractivity contribution in [2.24, 2.45) is 17.2 Å². The number of fused-ring (bicyclic) bond motifs is 5. The Morgan fingerprint density at radius 1 is 0.897 bits per heavy atom. The first-order valence-electron chi connectivity index (χ1n) is 23.2. The van der Waals surface area contributed by atoms with Gasteiger partial charge in [0.25, 0.3) is 5.91 Å². The zero-order valence-corrected chi connectivity index (χ0v) is 39.4. The quantitative estimate of drug-likeness (QED) is 0.0468. The Morgan fingerprint density at radius 2 is 1.57 bits per heavy atom. The number of likely N-dealkylation sites (N-methyl/N-ethyl adjacent to an activating group) is 1. The van der Waals surface area contributed by atoms with Gasteiger partial charge in [-0.25, -0.2) is 9.97 Å². The van der Waals surface area contributed by atoms with Gasteiger partial charge in [0.05, 0.1) is 17.3 Å². The van der Waals surface area contributed by atoms with E-state index in [9.17, 15) is 29.2 Å². The normalized spacial score (nSPS) is 16.2. The number of rotatable bonds is 21. The van der Waals surface area contributed by atoms with Crippen LogP contribution < -0.4 is 47.9 Å². The van der Waals surface area contributed by atoms with Crippen LogP contribution in [-0.4, -0.2) is 109 Å². The summed E-state index contributed by atoms with van der Waals surface area (Å²) in [5.41, 5.74) is 22.2. The van der Waals surface area contributed by atoms with Crippen molar-refractivity contribution in [3.05, 3.63) is 94.8 Å². The number of unbranched alkanes of at least 4 members (excludes halogenated alkanes) is 4. The van der Waals surface area contributed by atoms with Crippen molar-refractivity contribution in [2.45, 2.75) is 96.3 Å². The fourth-order valence-corrected chi connectivity index (χ4v) is 7.95. The highest BCUT2D eigenvalue weighted by molar-refractivity contribution is 6.00. The van der Waals surface area contributed by atoms with Crippen LogP contribution in [0.3, 0.4) is 0 Å². The minimum atomic E-state index is -1.40. The molecule has 0 saturated carbocycles. The Kier molecular flexibility index (Phi) is 19.8. The summed E-state index contributed by atoms with van der Waals surface area (Å²) in [7, 11) is 1.42.